The molecular formula is C14H23F. The maximum Gasteiger partial charge on any atom is 0.117 e. The molecule has 0 aliphatic heterocycles. The Morgan fingerprint density at radius 2 is 1.53 bits per heavy atom. The van der Waals surface area contributed by atoms with Crippen molar-refractivity contribution in [3.63, 3.8) is 0 Å². The van der Waals surface area contributed by atoms with E-state index in [9.17, 15) is 0 Å². The first-order valence-corrected chi connectivity index (χ1v) is 6.82. The minimum atomic E-state index is -0.786. The van der Waals surface area contributed by atoms with E-state index in [1.807, 2.05) is 0 Å². The monoisotopic (exact) mass is 210 g/mol. The Bertz CT molecular complexity index is 253. The lowest BCUT2D eigenvalue weighted by Crippen LogP contribution is -2.61. The molecule has 0 N–H and O–H groups in total. The molecule has 0 heterocycles. The van der Waals surface area contributed by atoms with E-state index in [-0.39, 0.29) is 5.41 Å². The summed E-state index contributed by atoms with van der Waals surface area (Å²) in [7, 11) is 0. The molecule has 0 aromatic carbocycles. The van der Waals surface area contributed by atoms with Gasteiger partial charge >= 0.3 is 0 Å². The molecular weight excluding hydrogens is 187 g/mol. The second kappa shape index (κ2) is 2.99. The van der Waals surface area contributed by atoms with Gasteiger partial charge in [-0.15, -0.1) is 0 Å². The van der Waals surface area contributed by atoms with Crippen LogP contribution in [0.3, 0.4) is 0 Å². The molecule has 4 bridgehead atoms. The fourth-order valence-corrected chi connectivity index (χ4v) is 5.58. The molecule has 4 aliphatic carbocycles. The SMILES string of the molecule is CCC1(CC)C2CC3CC(C2)CC1(F)C3. The highest BCUT2D eigenvalue weighted by molar-refractivity contribution is 5.13. The summed E-state index contributed by atoms with van der Waals surface area (Å²) in [6, 6.07) is 0. The highest BCUT2D eigenvalue weighted by Crippen LogP contribution is 2.67. The van der Waals surface area contributed by atoms with Crippen LogP contribution < -0.4 is 0 Å². The van der Waals surface area contributed by atoms with E-state index in [0.717, 1.165) is 37.5 Å². The molecule has 2 atom stereocenters. The summed E-state index contributed by atoms with van der Waals surface area (Å²) < 4.78 is 15.2. The first-order chi connectivity index (χ1) is 7.13. The molecule has 15 heavy (non-hydrogen) atoms. The van der Waals surface area contributed by atoms with Crippen molar-refractivity contribution in [3.05, 3.63) is 0 Å². The Morgan fingerprint density at radius 3 is 1.93 bits per heavy atom. The highest BCUT2D eigenvalue weighted by Gasteiger charge is 2.64. The van der Waals surface area contributed by atoms with Gasteiger partial charge in [-0.05, 0) is 62.7 Å². The number of hydrogen-bond donors (Lipinski definition) is 0. The van der Waals surface area contributed by atoms with Crippen LogP contribution in [-0.2, 0) is 0 Å². The number of halogens is 1. The zero-order chi connectivity index (χ0) is 10.7. The molecule has 0 saturated heterocycles. The Labute approximate surface area is 92.6 Å². The van der Waals surface area contributed by atoms with Gasteiger partial charge in [0.2, 0.25) is 0 Å². The third kappa shape index (κ3) is 1.08. The Kier molecular flexibility index (Phi) is 2.01. The van der Waals surface area contributed by atoms with E-state index < -0.39 is 5.67 Å². The summed E-state index contributed by atoms with van der Waals surface area (Å²) in [4.78, 5) is 0. The Morgan fingerprint density at radius 1 is 1.00 bits per heavy atom. The van der Waals surface area contributed by atoms with Crippen molar-refractivity contribution in [1.29, 1.82) is 0 Å². The van der Waals surface area contributed by atoms with Gasteiger partial charge in [-0.3, -0.25) is 0 Å². The first-order valence-electron chi connectivity index (χ1n) is 6.82. The third-order valence-corrected chi connectivity index (χ3v) is 6.06. The van der Waals surface area contributed by atoms with Crippen molar-refractivity contribution in [2.75, 3.05) is 0 Å². The topological polar surface area (TPSA) is 0 Å². The molecule has 0 radical (unpaired) electrons. The van der Waals surface area contributed by atoms with Gasteiger partial charge in [0.05, 0.1) is 0 Å². The molecule has 0 amide bonds. The highest BCUT2D eigenvalue weighted by atomic mass is 19.1. The van der Waals surface area contributed by atoms with E-state index in [0.29, 0.717) is 5.92 Å². The van der Waals surface area contributed by atoms with Crippen LogP contribution in [0.4, 0.5) is 4.39 Å². The molecule has 4 rings (SSSR count). The van der Waals surface area contributed by atoms with Gasteiger partial charge in [-0.2, -0.15) is 0 Å². The predicted molar refractivity (Wildman–Crippen MR) is 60.4 cm³/mol. The zero-order valence-electron chi connectivity index (χ0n) is 10.1. The van der Waals surface area contributed by atoms with Gasteiger partial charge in [-0.25, -0.2) is 4.39 Å². The van der Waals surface area contributed by atoms with Gasteiger partial charge in [0.25, 0.3) is 0 Å². The summed E-state index contributed by atoms with van der Waals surface area (Å²) in [5.41, 5.74) is -0.730. The molecule has 4 fully saturated rings. The van der Waals surface area contributed by atoms with Crippen molar-refractivity contribution >= 4 is 0 Å². The maximum atomic E-state index is 15.2. The van der Waals surface area contributed by atoms with Crippen molar-refractivity contribution in [2.45, 2.75) is 64.5 Å². The largest absolute Gasteiger partial charge is 0.243 e. The number of alkyl halides is 1. The lowest BCUT2D eigenvalue weighted by molar-refractivity contribution is -0.191. The molecule has 1 heteroatoms. The molecule has 0 nitrogen and oxygen atoms in total. The fraction of sp³-hybridized carbons (Fsp3) is 1.00. The van der Waals surface area contributed by atoms with E-state index in [1.54, 1.807) is 0 Å². The van der Waals surface area contributed by atoms with Crippen molar-refractivity contribution in [2.24, 2.45) is 23.2 Å². The third-order valence-electron chi connectivity index (χ3n) is 6.06. The minimum absolute atomic E-state index is 0.0560. The molecule has 86 valence electrons. The quantitative estimate of drug-likeness (QED) is 0.636. The summed E-state index contributed by atoms with van der Waals surface area (Å²) in [5, 5.41) is 0. The smallest absolute Gasteiger partial charge is 0.117 e. The van der Waals surface area contributed by atoms with Crippen LogP contribution in [0.5, 0.6) is 0 Å². The molecule has 4 saturated carbocycles. The van der Waals surface area contributed by atoms with Gasteiger partial charge in [-0.1, -0.05) is 13.8 Å². The molecule has 0 aromatic rings. The second-order valence-corrected chi connectivity index (χ2v) is 6.37. The van der Waals surface area contributed by atoms with Gasteiger partial charge < -0.3 is 0 Å². The average molecular weight is 210 g/mol. The summed E-state index contributed by atoms with van der Waals surface area (Å²) >= 11 is 0. The minimum Gasteiger partial charge on any atom is -0.243 e. The van der Waals surface area contributed by atoms with Crippen LogP contribution in [0.15, 0.2) is 0 Å². The lowest BCUT2D eigenvalue weighted by Gasteiger charge is -2.64. The lowest BCUT2D eigenvalue weighted by atomic mass is 9.42. The number of hydrogen-bond acceptors (Lipinski definition) is 0. The molecule has 2 unspecified atom stereocenters. The van der Waals surface area contributed by atoms with Crippen LogP contribution >= 0.6 is 0 Å². The van der Waals surface area contributed by atoms with Crippen molar-refractivity contribution in [3.8, 4) is 0 Å². The summed E-state index contributed by atoms with van der Waals surface area (Å²) in [6.07, 6.45) is 7.91. The van der Waals surface area contributed by atoms with Gasteiger partial charge in [0, 0.05) is 5.41 Å². The Balaban J connectivity index is 2.02. The van der Waals surface area contributed by atoms with Crippen LogP contribution in [0.2, 0.25) is 0 Å². The predicted octanol–water partition coefficient (Wildman–Crippen LogP) is 4.34. The zero-order valence-corrected chi connectivity index (χ0v) is 10.1. The summed E-state index contributed by atoms with van der Waals surface area (Å²) in [5.74, 6) is 2.18. The van der Waals surface area contributed by atoms with Crippen LogP contribution in [0.25, 0.3) is 0 Å². The normalized spacial score (nSPS) is 51.0. The average Bonchev–Trinajstić information content (AvgIpc) is 2.16. The van der Waals surface area contributed by atoms with E-state index in [1.165, 1.54) is 19.3 Å². The Hall–Kier alpha value is -0.0700. The fourth-order valence-electron chi connectivity index (χ4n) is 5.58. The molecule has 4 aliphatic rings. The van der Waals surface area contributed by atoms with Crippen LogP contribution in [0.1, 0.15) is 58.8 Å². The summed E-state index contributed by atoms with van der Waals surface area (Å²) in [6.45, 7) is 4.43. The van der Waals surface area contributed by atoms with E-state index in [4.69, 9.17) is 0 Å². The second-order valence-electron chi connectivity index (χ2n) is 6.37. The van der Waals surface area contributed by atoms with Gasteiger partial charge in [0.15, 0.2) is 0 Å². The molecule has 0 spiro atoms. The van der Waals surface area contributed by atoms with Crippen molar-refractivity contribution < 1.29 is 4.39 Å². The van der Waals surface area contributed by atoms with Crippen LogP contribution in [-0.4, -0.2) is 5.67 Å². The van der Waals surface area contributed by atoms with E-state index >= 15 is 4.39 Å². The van der Waals surface area contributed by atoms with Crippen LogP contribution in [0, 0.1) is 23.2 Å². The standard InChI is InChI=1S/C14H23F/c1-3-13(4-2)12-6-10-5-11(7-12)9-14(13,15)8-10/h10-12H,3-9H2,1-2H3. The van der Waals surface area contributed by atoms with Crippen molar-refractivity contribution in [1.82, 2.24) is 0 Å². The number of rotatable bonds is 2. The van der Waals surface area contributed by atoms with E-state index in [2.05, 4.69) is 13.8 Å². The molecule has 0 aromatic heterocycles. The maximum absolute atomic E-state index is 15.2. The van der Waals surface area contributed by atoms with Gasteiger partial charge in [0.1, 0.15) is 5.67 Å². The first kappa shape index (κ1) is 10.1.